The van der Waals surface area contributed by atoms with Crippen molar-refractivity contribution < 1.29 is 101 Å². The fourth-order valence-corrected chi connectivity index (χ4v) is 16.4. The van der Waals surface area contributed by atoms with Gasteiger partial charge in [0.1, 0.15) is 6.42 Å². The number of ether oxygens (including phenoxy) is 6. The van der Waals surface area contributed by atoms with Gasteiger partial charge in [-0.25, -0.2) is 4.58 Å². The molecule has 12 rings (SSSR count). The molecular formula is C88H120ClN8O21S2Si2+. The topological polar surface area (TPSA) is 359 Å². The van der Waals surface area contributed by atoms with Crippen LogP contribution in [-0.4, -0.2) is 239 Å². The molecule has 664 valence electrons. The summed E-state index contributed by atoms with van der Waals surface area (Å²) in [5.41, 5.74) is 15.9. The van der Waals surface area contributed by atoms with Gasteiger partial charge in [-0.3, -0.25) is 43.0 Å². The van der Waals surface area contributed by atoms with Gasteiger partial charge in [0.2, 0.25) is 12.6 Å². The van der Waals surface area contributed by atoms with Crippen LogP contribution < -0.4 is 16.4 Å². The fourth-order valence-electron chi connectivity index (χ4n) is 13.5. The molecule has 6 N–H and O–H groups in total. The number of hydrogen-bond acceptors (Lipinski definition) is 21. The Morgan fingerprint density at radius 1 is 0.443 bits per heavy atom. The number of carbonyl (C=O) groups excluding carboxylic acids is 5. The predicted octanol–water partition coefficient (Wildman–Crippen LogP) is 11.1. The number of nitrogens with one attached hydrogen (secondary N) is 2. The molecule has 5 amide bonds. The van der Waals surface area contributed by atoms with Crippen LogP contribution >= 0.6 is 11.6 Å². The van der Waals surface area contributed by atoms with Gasteiger partial charge in [-0.15, -0.1) is 11.6 Å². The zero-order chi connectivity index (χ0) is 87.9. The van der Waals surface area contributed by atoms with Crippen LogP contribution in [0.25, 0.3) is 65.9 Å². The van der Waals surface area contributed by atoms with E-state index in [4.69, 9.17) is 73.2 Å². The lowest BCUT2D eigenvalue weighted by atomic mass is 9.95. The molecule has 0 aliphatic carbocycles. The summed E-state index contributed by atoms with van der Waals surface area (Å²) in [6, 6.07) is 38.7. The van der Waals surface area contributed by atoms with E-state index in [0.717, 1.165) is 73.9 Å². The number of amides is 5. The van der Waals surface area contributed by atoms with E-state index >= 15 is 0 Å². The summed E-state index contributed by atoms with van der Waals surface area (Å²) in [6.45, 7) is 30.3. The number of carbonyl (C=O) groups is 5. The molecular weight excluding hydrogens is 1660 g/mol. The molecule has 0 saturated heterocycles. The third kappa shape index (κ3) is 26.7. The molecule has 34 heteroatoms. The van der Waals surface area contributed by atoms with E-state index in [-0.39, 0.29) is 107 Å². The Labute approximate surface area is 722 Å². The smallest absolute Gasteiger partial charge is 0.264 e. The Morgan fingerprint density at radius 3 is 1.07 bits per heavy atom. The zero-order valence-corrected chi connectivity index (χ0v) is 75.6. The highest BCUT2D eigenvalue weighted by atomic mass is 35.5. The number of nitrogens with two attached hydrogens (primary N) is 1. The first-order valence-corrected chi connectivity index (χ1v) is 50.2. The van der Waals surface area contributed by atoms with Crippen LogP contribution in [0.4, 0.5) is 0 Å². The lowest BCUT2D eigenvalue weighted by Gasteiger charge is -2.36. The van der Waals surface area contributed by atoms with Crippen LogP contribution in [0.3, 0.4) is 0 Å². The number of halogens is 1. The number of aliphatic hydroxyl groups is 2. The molecule has 3 aliphatic heterocycles. The summed E-state index contributed by atoms with van der Waals surface area (Å²) in [7, 11) is -10.4. The number of nitrogens with zero attached hydrogens (tertiary/aromatic N) is 5. The van der Waals surface area contributed by atoms with Crippen LogP contribution in [0.5, 0.6) is 0 Å². The SMILES string of the molecule is C.CC(C)(C)[Si](C)(C)OCCOCCCl.CC(C)(C)[Si](C)(C)OCCOC[N+]1=C(CC(N)=O)c2ccccc2C1.CS(=O)(=O)OCCOCCn1cc(C2=C(c3cn(CCOCCOS(C)(=O)=O)c4ccccc34)C(=O)NC2=O)c2ccccc21.O=C1NC(=O)C(c2cn(CCOCCO)c3ccccc23)=C1c1cn(CCOCCO)c2ccccc12. The summed E-state index contributed by atoms with van der Waals surface area (Å²) in [5.74, 6) is -1.63. The minimum atomic E-state index is -3.55. The number of benzene rings is 5. The molecule has 122 heavy (non-hydrogen) atoms. The van der Waals surface area contributed by atoms with Gasteiger partial charge in [-0.1, -0.05) is 140 Å². The summed E-state index contributed by atoms with van der Waals surface area (Å²) < 4.78 is 109. The molecule has 0 saturated carbocycles. The van der Waals surface area contributed by atoms with Crippen molar-refractivity contribution in [1.82, 2.24) is 28.9 Å². The number of hydrogen-bond donors (Lipinski definition) is 5. The van der Waals surface area contributed by atoms with Crippen LogP contribution in [0.15, 0.2) is 146 Å². The van der Waals surface area contributed by atoms with Crippen molar-refractivity contribution in [3.05, 3.63) is 179 Å². The van der Waals surface area contributed by atoms with E-state index in [9.17, 15) is 40.8 Å². The second kappa shape index (κ2) is 45.3. The summed E-state index contributed by atoms with van der Waals surface area (Å²) in [6.07, 6.45) is 9.61. The van der Waals surface area contributed by atoms with Crippen molar-refractivity contribution in [1.29, 1.82) is 0 Å². The number of alkyl halides is 1. The van der Waals surface area contributed by atoms with Crippen molar-refractivity contribution in [2.24, 2.45) is 5.73 Å². The number of aliphatic hydroxyl groups excluding tert-OH is 2. The van der Waals surface area contributed by atoms with E-state index in [2.05, 4.69) is 89.0 Å². The highest BCUT2D eigenvalue weighted by molar-refractivity contribution is 7.86. The maximum atomic E-state index is 13.4. The van der Waals surface area contributed by atoms with Gasteiger partial charge in [-0.2, -0.15) is 16.8 Å². The molecule has 0 fully saturated rings. The number of rotatable bonds is 42. The lowest BCUT2D eigenvalue weighted by molar-refractivity contribution is -0.579. The molecule has 0 radical (unpaired) electrons. The van der Waals surface area contributed by atoms with E-state index in [1.807, 2.05) is 158 Å². The van der Waals surface area contributed by atoms with Gasteiger partial charge in [0, 0.05) is 128 Å². The Kier molecular flexibility index (Phi) is 36.6. The third-order valence-electron chi connectivity index (χ3n) is 21.4. The average molecular weight is 1780 g/mol. The average Bonchev–Trinajstić information content (AvgIpc) is 1.59. The van der Waals surface area contributed by atoms with Gasteiger partial charge >= 0.3 is 0 Å². The third-order valence-corrected chi connectivity index (χ3v) is 31.8. The summed E-state index contributed by atoms with van der Waals surface area (Å²) in [4.78, 5) is 64.5. The van der Waals surface area contributed by atoms with E-state index in [0.29, 0.717) is 118 Å². The molecule has 9 aromatic rings. The van der Waals surface area contributed by atoms with Gasteiger partial charge < -0.3 is 71.5 Å². The first-order valence-electron chi connectivity index (χ1n) is 40.2. The predicted molar refractivity (Wildman–Crippen MR) is 480 cm³/mol. The Hall–Kier alpha value is -8.70. The normalized spacial score (nSPS) is 14.0. The second-order valence-corrected chi connectivity index (χ2v) is 45.3. The second-order valence-electron chi connectivity index (χ2n) is 32.0. The van der Waals surface area contributed by atoms with Crippen molar-refractivity contribution in [3.63, 3.8) is 0 Å². The zero-order valence-electron chi connectivity index (χ0n) is 71.2. The van der Waals surface area contributed by atoms with Crippen molar-refractivity contribution in [2.45, 2.75) is 124 Å². The number of imide groups is 2. The number of aromatic nitrogens is 4. The molecule has 0 spiro atoms. The van der Waals surface area contributed by atoms with E-state index in [1.54, 1.807) is 0 Å². The fraction of sp³-hybridized carbons (Fsp3) is 0.455. The van der Waals surface area contributed by atoms with Gasteiger partial charge in [0.15, 0.2) is 28.9 Å². The largest absolute Gasteiger partial charge is 0.414 e. The van der Waals surface area contributed by atoms with Crippen molar-refractivity contribution in [2.75, 3.05) is 137 Å². The van der Waals surface area contributed by atoms with Crippen molar-refractivity contribution >= 4 is 150 Å². The maximum Gasteiger partial charge on any atom is 0.264 e. The molecule has 29 nitrogen and oxygen atoms in total. The summed E-state index contributed by atoms with van der Waals surface area (Å²) >= 11 is 5.49. The number of para-hydroxylation sites is 4. The molecule has 4 aromatic heterocycles. The highest BCUT2D eigenvalue weighted by Gasteiger charge is 2.40. The van der Waals surface area contributed by atoms with Crippen LogP contribution in [-0.2, 0) is 123 Å². The molecule has 7 heterocycles. The minimum Gasteiger partial charge on any atom is -0.414 e. The summed E-state index contributed by atoms with van der Waals surface area (Å²) in [5, 5.41) is 26.7. The van der Waals surface area contributed by atoms with Gasteiger partial charge in [0.05, 0.1) is 153 Å². The number of primary amides is 1. The Balaban J connectivity index is 0.000000216. The molecule has 0 bridgehead atoms. The molecule has 0 atom stereocenters. The standard InChI is InChI=1S/C30H33N3O10S2.C28H29N3O6.C19H30N2O3Si.C10H23ClO2Si.CH4/c1-44(36,37)42-17-15-40-13-11-32-19-23(21-7-3-5-9-25(21)32)27-28(30(35)31-29(27)34)24-20-33(26-10-6-4-8-22(24)26)12-14-41-16-18-43-45(2,38)39;32-11-15-36-13-9-30-17-21(19-5-1-3-7-23(19)30)25-26(28(35)29-27(25)34)22-18-31(10-14-37-16-12-33)24-8-4-2-6-20(22)24;1-19(2,3)25(4,5)24-11-10-23-14-21-13-15-8-6-7-9-16(15)17(21)12-18(20)22;1-10(2,3)14(4,5)13-9-8-12-7-6-11;/h3-10,19-20H,11-18H2,1-2H3,(H,31,34,35);1-8,17-18,32-33H,9-16H2,(H,29,34,35);6-9H,10-14H2,1-5H3,(H-,20,22);6-9H2,1-5H3;1H4/p+1. The van der Waals surface area contributed by atoms with E-state index in [1.165, 1.54) is 5.56 Å². The maximum absolute atomic E-state index is 13.4. The Morgan fingerprint density at radius 2 is 0.746 bits per heavy atom. The van der Waals surface area contributed by atoms with Gasteiger partial charge in [-0.05, 0) is 66.6 Å². The van der Waals surface area contributed by atoms with Gasteiger partial charge in [0.25, 0.3) is 43.9 Å². The lowest BCUT2D eigenvalue weighted by Crippen LogP contribution is -2.41. The molecule has 0 unspecified atom stereocenters. The monoisotopic (exact) mass is 1780 g/mol. The quantitative estimate of drug-likeness (QED) is 0.00592. The first-order chi connectivity index (χ1) is 57.5. The Bertz CT molecular complexity index is 5190. The van der Waals surface area contributed by atoms with E-state index < -0.39 is 60.5 Å². The number of fused-ring (bicyclic) bond motifs is 5. The van der Waals surface area contributed by atoms with Crippen LogP contribution in [0.1, 0.15) is 88.8 Å². The highest BCUT2D eigenvalue weighted by Crippen LogP contribution is 2.43. The van der Waals surface area contributed by atoms with Crippen LogP contribution in [0, 0.1) is 0 Å². The minimum absolute atomic E-state index is 0. The van der Waals surface area contributed by atoms with Crippen LogP contribution in [0.2, 0.25) is 36.3 Å². The molecule has 3 aliphatic rings. The first kappa shape index (κ1) is 98.7. The molecule has 5 aromatic carbocycles. The van der Waals surface area contributed by atoms with Crippen molar-refractivity contribution in [3.8, 4) is 0 Å².